The third kappa shape index (κ3) is 76.1. The standard InChI is InChI=1S/C82H160O17P2/c1-7-9-11-13-15-17-19-20-21-22-23-24-31-36-42-48-54-60-66-81(86)99-78(71-93-80(85)65-59-53-47-41-35-30-26-25-28-33-38-44-50-56-62-74(3)4)73-97-101(90,91)95-69-76(83)68-94-100(88,89)96-72-77(70-92-79(84)64-58-52-46-40-18-16-14-12-10-8-2)98-82(87)67-61-55-49-43-37-32-27-29-34-39-45-51-57-63-75(5)6/h74-78,83H,7-73H2,1-6H3,(H,88,89)(H,90,91)/t76-,77+,78+/m0/s1. The van der Waals surface area contributed by atoms with Gasteiger partial charge in [-0.2, -0.15) is 0 Å². The molecule has 0 rings (SSSR count). The number of phosphoric ester groups is 2. The first kappa shape index (κ1) is 99.1. The minimum atomic E-state index is -4.96. The number of rotatable bonds is 81. The Morgan fingerprint density at radius 3 is 0.673 bits per heavy atom. The molecule has 0 amide bonds. The highest BCUT2D eigenvalue weighted by Gasteiger charge is 2.30. The van der Waals surface area contributed by atoms with E-state index in [-0.39, 0.29) is 25.7 Å². The zero-order chi connectivity index (χ0) is 74.2. The number of aliphatic hydroxyl groups is 1. The number of unbranched alkanes of at least 4 members (excludes halogenated alkanes) is 51. The Bertz CT molecular complexity index is 1940. The summed E-state index contributed by atoms with van der Waals surface area (Å²) in [5.41, 5.74) is 0. The lowest BCUT2D eigenvalue weighted by Crippen LogP contribution is -2.30. The fraction of sp³-hybridized carbons (Fsp3) is 0.951. The first-order chi connectivity index (χ1) is 48.9. The summed E-state index contributed by atoms with van der Waals surface area (Å²) in [6, 6.07) is 0. The predicted octanol–water partition coefficient (Wildman–Crippen LogP) is 24.7. The van der Waals surface area contributed by atoms with Crippen LogP contribution >= 0.6 is 15.6 Å². The zero-order valence-electron chi connectivity index (χ0n) is 66.2. The van der Waals surface area contributed by atoms with E-state index in [0.29, 0.717) is 25.7 Å². The maximum atomic E-state index is 13.1. The highest BCUT2D eigenvalue weighted by atomic mass is 31.2. The molecule has 0 aromatic carbocycles. The van der Waals surface area contributed by atoms with Gasteiger partial charge in [0.1, 0.15) is 19.3 Å². The molecule has 0 aliphatic rings. The molecule has 600 valence electrons. The van der Waals surface area contributed by atoms with Gasteiger partial charge in [-0.15, -0.1) is 0 Å². The van der Waals surface area contributed by atoms with Crippen LogP contribution in [0, 0.1) is 11.8 Å². The molecular weight excluding hydrogens is 1320 g/mol. The third-order valence-corrected chi connectivity index (χ3v) is 21.1. The number of esters is 4. The van der Waals surface area contributed by atoms with Gasteiger partial charge in [-0.25, -0.2) is 9.13 Å². The lowest BCUT2D eigenvalue weighted by Gasteiger charge is -2.21. The van der Waals surface area contributed by atoms with Crippen molar-refractivity contribution in [3.63, 3.8) is 0 Å². The second-order valence-corrected chi connectivity index (χ2v) is 33.4. The summed E-state index contributed by atoms with van der Waals surface area (Å²) in [5, 5.41) is 10.6. The van der Waals surface area contributed by atoms with Crippen LogP contribution in [0.15, 0.2) is 0 Å². The molecule has 101 heavy (non-hydrogen) atoms. The number of hydrogen-bond donors (Lipinski definition) is 3. The maximum Gasteiger partial charge on any atom is 0.472 e. The Hall–Kier alpha value is -1.94. The van der Waals surface area contributed by atoms with Crippen LogP contribution in [0.25, 0.3) is 0 Å². The largest absolute Gasteiger partial charge is 0.472 e. The number of carbonyl (C=O) groups is 4. The smallest absolute Gasteiger partial charge is 0.462 e. The van der Waals surface area contributed by atoms with Crippen LogP contribution in [0.3, 0.4) is 0 Å². The van der Waals surface area contributed by atoms with Crippen LogP contribution in [-0.2, 0) is 65.4 Å². The zero-order valence-corrected chi connectivity index (χ0v) is 68.0. The lowest BCUT2D eigenvalue weighted by atomic mass is 10.0. The fourth-order valence-corrected chi connectivity index (χ4v) is 14.3. The van der Waals surface area contributed by atoms with Gasteiger partial charge in [0.05, 0.1) is 26.4 Å². The average molecular weight is 1480 g/mol. The Morgan fingerprint density at radius 1 is 0.267 bits per heavy atom. The summed E-state index contributed by atoms with van der Waals surface area (Å²) in [4.78, 5) is 73.1. The van der Waals surface area contributed by atoms with Gasteiger partial charge < -0.3 is 33.8 Å². The molecule has 0 spiro atoms. The monoisotopic (exact) mass is 1480 g/mol. The molecule has 5 atom stereocenters. The van der Waals surface area contributed by atoms with Gasteiger partial charge in [0.2, 0.25) is 0 Å². The minimum absolute atomic E-state index is 0.108. The molecular formula is C82H160O17P2. The van der Waals surface area contributed by atoms with E-state index in [2.05, 4.69) is 41.5 Å². The quantitative estimate of drug-likeness (QED) is 0.0222. The molecule has 0 saturated heterocycles. The van der Waals surface area contributed by atoms with E-state index < -0.39 is 97.5 Å². The van der Waals surface area contributed by atoms with Crippen LogP contribution in [-0.4, -0.2) is 96.7 Å². The molecule has 0 saturated carbocycles. The molecule has 0 aliphatic carbocycles. The van der Waals surface area contributed by atoms with Gasteiger partial charge in [-0.05, 0) is 37.5 Å². The summed E-state index contributed by atoms with van der Waals surface area (Å²) < 4.78 is 68.8. The van der Waals surface area contributed by atoms with Gasteiger partial charge in [0.25, 0.3) is 0 Å². The van der Waals surface area contributed by atoms with Gasteiger partial charge in [0, 0.05) is 25.7 Å². The summed E-state index contributed by atoms with van der Waals surface area (Å²) >= 11 is 0. The van der Waals surface area contributed by atoms with Crippen LogP contribution in [0.1, 0.15) is 433 Å². The number of aliphatic hydroxyl groups excluding tert-OH is 1. The van der Waals surface area contributed by atoms with E-state index >= 15 is 0 Å². The van der Waals surface area contributed by atoms with Crippen molar-refractivity contribution < 1.29 is 80.2 Å². The first-order valence-corrected chi connectivity index (χ1v) is 45.5. The summed E-state index contributed by atoms with van der Waals surface area (Å²) in [6.07, 6.45) is 63.7. The summed E-state index contributed by atoms with van der Waals surface area (Å²) in [7, 11) is -9.92. The van der Waals surface area contributed by atoms with E-state index in [1.54, 1.807) is 0 Å². The van der Waals surface area contributed by atoms with Crippen molar-refractivity contribution in [2.75, 3.05) is 39.6 Å². The summed E-state index contributed by atoms with van der Waals surface area (Å²) in [6.45, 7) is 9.68. The number of carbonyl (C=O) groups excluding carboxylic acids is 4. The van der Waals surface area contributed by atoms with Crippen molar-refractivity contribution in [2.24, 2.45) is 11.8 Å². The van der Waals surface area contributed by atoms with Crippen molar-refractivity contribution in [1.29, 1.82) is 0 Å². The highest BCUT2D eigenvalue weighted by Crippen LogP contribution is 2.45. The van der Waals surface area contributed by atoms with Crippen LogP contribution in [0.4, 0.5) is 0 Å². The lowest BCUT2D eigenvalue weighted by molar-refractivity contribution is -0.161. The number of phosphoric acid groups is 2. The van der Waals surface area contributed by atoms with Gasteiger partial charge in [0.15, 0.2) is 12.2 Å². The third-order valence-electron chi connectivity index (χ3n) is 19.2. The topological polar surface area (TPSA) is 237 Å². The van der Waals surface area contributed by atoms with Crippen molar-refractivity contribution >= 4 is 39.5 Å². The molecule has 0 fully saturated rings. The number of hydrogen-bond acceptors (Lipinski definition) is 15. The van der Waals surface area contributed by atoms with Crippen molar-refractivity contribution in [3.05, 3.63) is 0 Å². The highest BCUT2D eigenvalue weighted by molar-refractivity contribution is 7.47. The molecule has 17 nitrogen and oxygen atoms in total. The average Bonchev–Trinajstić information content (AvgIpc) is 1.11. The Labute approximate surface area is 619 Å². The van der Waals surface area contributed by atoms with E-state index in [0.717, 1.165) is 102 Å². The molecule has 0 radical (unpaired) electrons. The fourth-order valence-electron chi connectivity index (χ4n) is 12.7. The first-order valence-electron chi connectivity index (χ1n) is 42.5. The van der Waals surface area contributed by atoms with Crippen LogP contribution in [0.2, 0.25) is 0 Å². The van der Waals surface area contributed by atoms with E-state index in [1.165, 1.54) is 250 Å². The van der Waals surface area contributed by atoms with E-state index in [9.17, 15) is 43.2 Å². The molecule has 2 unspecified atom stereocenters. The molecule has 0 aliphatic heterocycles. The second-order valence-electron chi connectivity index (χ2n) is 30.5. The minimum Gasteiger partial charge on any atom is -0.462 e. The Morgan fingerprint density at radius 2 is 0.455 bits per heavy atom. The normalized spacial score (nSPS) is 13.9. The summed E-state index contributed by atoms with van der Waals surface area (Å²) in [5.74, 6) is -0.520. The SMILES string of the molecule is CCCCCCCCCCCCCCCCCCCCC(=O)O[C@H](COC(=O)CCCCCCCCCCCCCCCCC(C)C)COP(=O)(O)OC[C@@H](O)COP(=O)(O)OC[C@@H](COC(=O)CCCCCCCCCCCC)OC(=O)CCCCCCCCCCCCCCCC(C)C. The predicted molar refractivity (Wildman–Crippen MR) is 414 cm³/mol. The molecule has 19 heteroatoms. The molecule has 3 N–H and O–H groups in total. The number of ether oxygens (including phenoxy) is 4. The van der Waals surface area contributed by atoms with Crippen LogP contribution in [0.5, 0.6) is 0 Å². The Balaban J connectivity index is 5.24. The van der Waals surface area contributed by atoms with Gasteiger partial charge in [-0.3, -0.25) is 37.3 Å². The van der Waals surface area contributed by atoms with Crippen molar-refractivity contribution in [3.8, 4) is 0 Å². The molecule has 0 heterocycles. The van der Waals surface area contributed by atoms with Crippen molar-refractivity contribution in [1.82, 2.24) is 0 Å². The molecule has 0 bridgehead atoms. The van der Waals surface area contributed by atoms with E-state index in [1.807, 2.05) is 0 Å². The van der Waals surface area contributed by atoms with Gasteiger partial charge >= 0.3 is 39.5 Å². The van der Waals surface area contributed by atoms with E-state index in [4.69, 9.17) is 37.0 Å². The molecule has 0 aromatic rings. The van der Waals surface area contributed by atoms with Crippen LogP contribution < -0.4 is 0 Å². The Kier molecular flexibility index (Phi) is 72.2. The second kappa shape index (κ2) is 73.6. The maximum absolute atomic E-state index is 13.1. The molecule has 0 aromatic heterocycles. The van der Waals surface area contributed by atoms with Gasteiger partial charge in [-0.1, -0.05) is 382 Å². The van der Waals surface area contributed by atoms with Crippen molar-refractivity contribution in [2.45, 2.75) is 452 Å².